The Morgan fingerprint density at radius 3 is 2.73 bits per heavy atom. The second-order valence-electron chi connectivity index (χ2n) is 6.43. The molecule has 9 heteroatoms. The number of anilines is 1. The molecule has 1 aliphatic rings. The van der Waals surface area contributed by atoms with Crippen molar-refractivity contribution in [3.63, 3.8) is 0 Å². The van der Waals surface area contributed by atoms with Crippen LogP contribution >= 0.6 is 11.6 Å². The highest BCUT2D eigenvalue weighted by Crippen LogP contribution is 2.28. The molecule has 1 aromatic heterocycles. The van der Waals surface area contributed by atoms with E-state index in [1.807, 2.05) is 0 Å². The van der Waals surface area contributed by atoms with Gasteiger partial charge in [0.15, 0.2) is 0 Å². The van der Waals surface area contributed by atoms with Gasteiger partial charge in [0, 0.05) is 13.1 Å². The number of rotatable bonds is 4. The maximum absolute atomic E-state index is 13.0. The summed E-state index contributed by atoms with van der Waals surface area (Å²) in [5, 5.41) is 9.93. The van der Waals surface area contributed by atoms with Gasteiger partial charge in [0.05, 0.1) is 28.0 Å². The molecule has 0 aliphatic carbocycles. The van der Waals surface area contributed by atoms with Gasteiger partial charge in [0.2, 0.25) is 15.9 Å². The molecule has 1 saturated heterocycles. The summed E-state index contributed by atoms with van der Waals surface area (Å²) in [7, 11) is -3.69. The molecule has 1 aromatic carbocycles. The van der Waals surface area contributed by atoms with Crippen molar-refractivity contribution < 1.29 is 13.2 Å². The lowest BCUT2D eigenvalue weighted by atomic mass is 9.99. The van der Waals surface area contributed by atoms with Crippen molar-refractivity contribution in [1.82, 2.24) is 14.5 Å². The van der Waals surface area contributed by atoms with Gasteiger partial charge in [-0.15, -0.1) is 0 Å². The van der Waals surface area contributed by atoms with Gasteiger partial charge in [-0.1, -0.05) is 23.7 Å². The Morgan fingerprint density at radius 1 is 1.35 bits per heavy atom. The van der Waals surface area contributed by atoms with E-state index in [1.54, 1.807) is 38.1 Å². The van der Waals surface area contributed by atoms with E-state index in [4.69, 9.17) is 11.6 Å². The zero-order valence-electron chi connectivity index (χ0n) is 14.6. The summed E-state index contributed by atoms with van der Waals surface area (Å²) in [6.45, 7) is 3.87. The quantitative estimate of drug-likeness (QED) is 0.830. The van der Waals surface area contributed by atoms with Crippen LogP contribution in [0, 0.1) is 19.8 Å². The van der Waals surface area contributed by atoms with Crippen LogP contribution < -0.4 is 5.32 Å². The molecule has 1 aliphatic heterocycles. The highest BCUT2D eigenvalue weighted by Gasteiger charge is 2.35. The van der Waals surface area contributed by atoms with Gasteiger partial charge in [-0.3, -0.25) is 9.89 Å². The molecular formula is C17H21ClN4O3S. The van der Waals surface area contributed by atoms with Crippen LogP contribution in [0.4, 0.5) is 5.69 Å². The van der Waals surface area contributed by atoms with Crippen molar-refractivity contribution >= 4 is 33.2 Å². The van der Waals surface area contributed by atoms with Crippen LogP contribution in [0.25, 0.3) is 0 Å². The van der Waals surface area contributed by atoms with Crippen molar-refractivity contribution in [1.29, 1.82) is 0 Å². The monoisotopic (exact) mass is 396 g/mol. The summed E-state index contributed by atoms with van der Waals surface area (Å²) in [5.74, 6) is -0.652. The Labute approximate surface area is 157 Å². The third kappa shape index (κ3) is 3.62. The fourth-order valence-corrected chi connectivity index (χ4v) is 5.26. The number of nitrogens with one attached hydrogen (secondary N) is 2. The third-order valence-electron chi connectivity index (χ3n) is 4.55. The van der Waals surface area contributed by atoms with Crippen LogP contribution in [0.15, 0.2) is 29.2 Å². The Bertz CT molecular complexity index is 906. The van der Waals surface area contributed by atoms with E-state index >= 15 is 0 Å². The van der Waals surface area contributed by atoms with Gasteiger partial charge in [-0.2, -0.15) is 9.40 Å². The number of para-hydroxylation sites is 1. The Hall–Kier alpha value is -1.90. The lowest BCUT2D eigenvalue weighted by Crippen LogP contribution is -2.44. The first-order valence-electron chi connectivity index (χ1n) is 8.38. The number of piperidine rings is 1. The van der Waals surface area contributed by atoms with Gasteiger partial charge in [-0.05, 0) is 38.8 Å². The van der Waals surface area contributed by atoms with Gasteiger partial charge in [0.25, 0.3) is 0 Å². The zero-order chi connectivity index (χ0) is 18.9. The van der Waals surface area contributed by atoms with Crippen molar-refractivity contribution in [2.75, 3.05) is 18.4 Å². The fraction of sp³-hybridized carbons (Fsp3) is 0.412. The molecule has 2 heterocycles. The van der Waals surface area contributed by atoms with Gasteiger partial charge < -0.3 is 5.32 Å². The standard InChI is InChI=1S/C17H21ClN4O3S/c1-11-16(12(2)21-20-11)26(24,25)22-9-5-6-13(10-22)17(23)19-15-8-4-3-7-14(15)18/h3-4,7-8,13H,5-6,9-10H2,1-2H3,(H,19,23)(H,20,21). The smallest absolute Gasteiger partial charge is 0.246 e. The molecular weight excluding hydrogens is 376 g/mol. The Kier molecular flexibility index (Phi) is 5.36. The van der Waals surface area contributed by atoms with Crippen LogP contribution in [0.5, 0.6) is 0 Å². The minimum Gasteiger partial charge on any atom is -0.324 e. The van der Waals surface area contributed by atoms with Crippen molar-refractivity contribution in [2.45, 2.75) is 31.6 Å². The molecule has 26 heavy (non-hydrogen) atoms. The number of aromatic nitrogens is 2. The highest BCUT2D eigenvalue weighted by molar-refractivity contribution is 7.89. The van der Waals surface area contributed by atoms with Crippen LogP contribution in [-0.4, -0.2) is 41.9 Å². The van der Waals surface area contributed by atoms with Crippen molar-refractivity contribution in [3.05, 3.63) is 40.7 Å². The number of H-pyrrole nitrogens is 1. The molecule has 1 amide bonds. The van der Waals surface area contributed by atoms with E-state index < -0.39 is 15.9 Å². The molecule has 140 valence electrons. The van der Waals surface area contributed by atoms with Crippen LogP contribution in [-0.2, 0) is 14.8 Å². The summed E-state index contributed by atoms with van der Waals surface area (Å²) in [4.78, 5) is 12.8. The maximum Gasteiger partial charge on any atom is 0.246 e. The highest BCUT2D eigenvalue weighted by atomic mass is 35.5. The zero-order valence-corrected chi connectivity index (χ0v) is 16.2. The fourth-order valence-electron chi connectivity index (χ4n) is 3.22. The molecule has 0 spiro atoms. The number of carbonyl (C=O) groups excluding carboxylic acids is 1. The average Bonchev–Trinajstić information content (AvgIpc) is 2.96. The number of aromatic amines is 1. The first-order chi connectivity index (χ1) is 12.3. The van der Waals surface area contributed by atoms with Gasteiger partial charge in [0.1, 0.15) is 4.90 Å². The SMILES string of the molecule is Cc1n[nH]c(C)c1S(=O)(=O)N1CCCC(C(=O)Nc2ccccc2Cl)C1. The van der Waals surface area contributed by atoms with E-state index in [2.05, 4.69) is 15.5 Å². The van der Waals surface area contributed by atoms with Gasteiger partial charge >= 0.3 is 0 Å². The minimum absolute atomic E-state index is 0.142. The predicted octanol–water partition coefficient (Wildman–Crippen LogP) is 2.72. The Morgan fingerprint density at radius 2 is 2.08 bits per heavy atom. The van der Waals surface area contributed by atoms with Crippen molar-refractivity contribution in [2.24, 2.45) is 5.92 Å². The van der Waals surface area contributed by atoms with Crippen molar-refractivity contribution in [3.8, 4) is 0 Å². The predicted molar refractivity (Wildman–Crippen MR) is 99.6 cm³/mol. The minimum atomic E-state index is -3.69. The number of hydrogen-bond donors (Lipinski definition) is 2. The lowest BCUT2D eigenvalue weighted by molar-refractivity contribution is -0.120. The molecule has 0 bridgehead atoms. The van der Waals surface area contributed by atoms with Crippen LogP contribution in [0.3, 0.4) is 0 Å². The summed E-state index contributed by atoms with van der Waals surface area (Å²) in [5.41, 5.74) is 1.47. The summed E-state index contributed by atoms with van der Waals surface area (Å²) < 4.78 is 27.3. The molecule has 0 radical (unpaired) electrons. The normalized spacial score (nSPS) is 18.7. The van der Waals surface area contributed by atoms with Gasteiger partial charge in [-0.25, -0.2) is 8.42 Å². The topological polar surface area (TPSA) is 95.2 Å². The second-order valence-corrected chi connectivity index (χ2v) is 8.72. The molecule has 3 rings (SSSR count). The number of carbonyl (C=O) groups is 1. The number of benzene rings is 1. The second kappa shape index (κ2) is 7.38. The Balaban J connectivity index is 1.77. The van der Waals surface area contributed by atoms with Crippen LogP contribution in [0.2, 0.25) is 5.02 Å². The molecule has 1 fully saturated rings. The van der Waals surface area contributed by atoms with E-state index in [0.29, 0.717) is 41.5 Å². The third-order valence-corrected chi connectivity index (χ3v) is 7.00. The number of amides is 1. The number of hydrogen-bond acceptors (Lipinski definition) is 4. The van der Waals surface area contributed by atoms with E-state index in [9.17, 15) is 13.2 Å². The van der Waals surface area contributed by atoms with Crippen LogP contribution in [0.1, 0.15) is 24.2 Å². The summed E-state index contributed by atoms with van der Waals surface area (Å²) in [6, 6.07) is 6.97. The maximum atomic E-state index is 13.0. The molecule has 2 aromatic rings. The summed E-state index contributed by atoms with van der Waals surface area (Å²) >= 11 is 6.08. The molecule has 0 saturated carbocycles. The number of halogens is 1. The van der Waals surface area contributed by atoms with E-state index in [-0.39, 0.29) is 17.3 Å². The summed E-state index contributed by atoms with van der Waals surface area (Å²) in [6.07, 6.45) is 1.25. The molecule has 7 nitrogen and oxygen atoms in total. The molecule has 2 N–H and O–H groups in total. The van der Waals surface area contributed by atoms with E-state index in [1.165, 1.54) is 4.31 Å². The number of nitrogens with zero attached hydrogens (tertiary/aromatic N) is 2. The average molecular weight is 397 g/mol. The lowest BCUT2D eigenvalue weighted by Gasteiger charge is -2.31. The molecule has 1 unspecified atom stereocenters. The first kappa shape index (κ1) is 18.9. The van der Waals surface area contributed by atoms with E-state index in [0.717, 1.165) is 0 Å². The molecule has 1 atom stereocenters. The first-order valence-corrected chi connectivity index (χ1v) is 10.2. The largest absolute Gasteiger partial charge is 0.324 e. The number of sulfonamides is 1. The number of aryl methyl sites for hydroxylation is 2.